The predicted molar refractivity (Wildman–Crippen MR) is 114 cm³/mol. The summed E-state index contributed by atoms with van der Waals surface area (Å²) in [7, 11) is 0. The van der Waals surface area contributed by atoms with Gasteiger partial charge in [-0.05, 0) is 36.4 Å². The fraction of sp³-hybridized carbons (Fsp3) is 0.0870. The van der Waals surface area contributed by atoms with E-state index in [1.54, 1.807) is 53.1 Å². The maximum atomic E-state index is 13.7. The highest BCUT2D eigenvalue weighted by atomic mass is 19.2. The average Bonchev–Trinajstić information content (AvgIpc) is 2.81. The van der Waals surface area contributed by atoms with E-state index in [1.165, 1.54) is 0 Å². The first-order chi connectivity index (χ1) is 15.4. The van der Waals surface area contributed by atoms with Crippen LogP contribution in [0.4, 0.5) is 18.9 Å². The molecule has 0 unspecified atom stereocenters. The number of fused-ring (bicyclic) bond motifs is 2. The van der Waals surface area contributed by atoms with Gasteiger partial charge in [0.25, 0.3) is 0 Å². The number of pyridine rings is 1. The van der Waals surface area contributed by atoms with Gasteiger partial charge in [-0.2, -0.15) is 0 Å². The third-order valence-electron chi connectivity index (χ3n) is 4.94. The van der Waals surface area contributed by atoms with Gasteiger partial charge in [-0.1, -0.05) is 24.3 Å². The smallest absolute Gasteiger partial charge is 0.243 e. The van der Waals surface area contributed by atoms with Crippen molar-refractivity contribution in [2.75, 3.05) is 11.9 Å². The van der Waals surface area contributed by atoms with Gasteiger partial charge in [-0.15, -0.1) is 0 Å². The SMILES string of the molecule is O=C(Cn1c2ccccc2c(=O)c2ccccc21)NCC(=O)Nc1ccc(F)c(F)c1F. The Labute approximate surface area is 179 Å². The quantitative estimate of drug-likeness (QED) is 0.370. The van der Waals surface area contributed by atoms with Crippen LogP contribution in [0, 0.1) is 17.5 Å². The number of carbonyl (C=O) groups excluding carboxylic acids is 2. The lowest BCUT2D eigenvalue weighted by atomic mass is 10.1. The van der Waals surface area contributed by atoms with Crippen LogP contribution in [0.1, 0.15) is 0 Å². The zero-order chi connectivity index (χ0) is 22.8. The van der Waals surface area contributed by atoms with Crippen LogP contribution in [-0.4, -0.2) is 22.9 Å². The maximum Gasteiger partial charge on any atom is 0.243 e. The number of aromatic nitrogens is 1. The van der Waals surface area contributed by atoms with Crippen LogP contribution < -0.4 is 16.1 Å². The average molecular weight is 439 g/mol. The third-order valence-corrected chi connectivity index (χ3v) is 4.94. The number of carbonyl (C=O) groups is 2. The van der Waals surface area contributed by atoms with Crippen LogP contribution in [0.3, 0.4) is 0 Å². The Morgan fingerprint density at radius 3 is 2.00 bits per heavy atom. The first-order valence-corrected chi connectivity index (χ1v) is 9.57. The van der Waals surface area contributed by atoms with Crippen LogP contribution in [0.2, 0.25) is 0 Å². The van der Waals surface area contributed by atoms with Crippen molar-refractivity contribution in [2.24, 2.45) is 0 Å². The Morgan fingerprint density at radius 1 is 0.781 bits per heavy atom. The number of halogens is 3. The molecule has 32 heavy (non-hydrogen) atoms. The largest absolute Gasteiger partial charge is 0.345 e. The van der Waals surface area contributed by atoms with Crippen LogP contribution in [0.5, 0.6) is 0 Å². The fourth-order valence-electron chi connectivity index (χ4n) is 3.44. The van der Waals surface area contributed by atoms with Gasteiger partial charge < -0.3 is 15.2 Å². The Kier molecular flexibility index (Phi) is 5.63. The highest BCUT2D eigenvalue weighted by Crippen LogP contribution is 2.20. The molecule has 2 N–H and O–H groups in total. The molecule has 0 bridgehead atoms. The number of hydrogen-bond donors (Lipinski definition) is 2. The minimum absolute atomic E-state index is 0.152. The summed E-state index contributed by atoms with van der Waals surface area (Å²) in [6.07, 6.45) is 0. The minimum atomic E-state index is -1.70. The third kappa shape index (κ3) is 3.92. The molecule has 1 heterocycles. The Hall–Kier alpha value is -4.14. The molecule has 0 fully saturated rings. The van der Waals surface area contributed by atoms with Crippen molar-refractivity contribution in [2.45, 2.75) is 6.54 Å². The Bertz CT molecular complexity index is 1370. The van der Waals surface area contributed by atoms with Crippen molar-refractivity contribution < 1.29 is 22.8 Å². The molecule has 4 aromatic rings. The fourth-order valence-corrected chi connectivity index (χ4v) is 3.44. The number of nitrogens with zero attached hydrogens (tertiary/aromatic N) is 1. The number of para-hydroxylation sites is 2. The van der Waals surface area contributed by atoms with Crippen LogP contribution in [0.15, 0.2) is 65.5 Å². The van der Waals surface area contributed by atoms with E-state index >= 15 is 0 Å². The van der Waals surface area contributed by atoms with Gasteiger partial charge in [0.15, 0.2) is 22.9 Å². The van der Waals surface area contributed by atoms with Crippen LogP contribution in [-0.2, 0) is 16.1 Å². The number of amides is 2. The first kappa shape index (κ1) is 21.1. The van der Waals surface area contributed by atoms with Gasteiger partial charge >= 0.3 is 0 Å². The van der Waals surface area contributed by atoms with Crippen LogP contribution in [0.25, 0.3) is 21.8 Å². The molecule has 0 spiro atoms. The molecule has 6 nitrogen and oxygen atoms in total. The number of nitrogens with one attached hydrogen (secondary N) is 2. The van der Waals surface area contributed by atoms with E-state index in [0.29, 0.717) is 27.9 Å². The summed E-state index contributed by atoms with van der Waals surface area (Å²) in [6, 6.07) is 15.3. The van der Waals surface area contributed by atoms with E-state index in [9.17, 15) is 27.6 Å². The minimum Gasteiger partial charge on any atom is -0.345 e. The number of anilines is 1. The van der Waals surface area contributed by atoms with E-state index in [1.807, 2.05) is 0 Å². The molecule has 2 amide bonds. The van der Waals surface area contributed by atoms with E-state index < -0.39 is 41.5 Å². The van der Waals surface area contributed by atoms with Gasteiger partial charge in [0, 0.05) is 10.8 Å². The van der Waals surface area contributed by atoms with Crippen molar-refractivity contribution in [1.29, 1.82) is 0 Å². The summed E-state index contributed by atoms with van der Waals surface area (Å²) in [5.41, 5.74) is 0.417. The zero-order valence-corrected chi connectivity index (χ0v) is 16.5. The van der Waals surface area contributed by atoms with E-state index in [-0.39, 0.29) is 12.0 Å². The molecule has 0 saturated carbocycles. The molecule has 0 aliphatic rings. The molecule has 3 aromatic carbocycles. The van der Waals surface area contributed by atoms with Crippen molar-refractivity contribution in [3.05, 3.63) is 88.3 Å². The van der Waals surface area contributed by atoms with Crippen molar-refractivity contribution >= 4 is 39.3 Å². The molecule has 4 rings (SSSR count). The Morgan fingerprint density at radius 2 is 1.38 bits per heavy atom. The van der Waals surface area contributed by atoms with Gasteiger partial charge in [-0.25, -0.2) is 13.2 Å². The molecule has 0 radical (unpaired) electrons. The molecule has 0 aliphatic heterocycles. The molecule has 162 valence electrons. The van der Waals surface area contributed by atoms with Gasteiger partial charge in [0.2, 0.25) is 11.8 Å². The topological polar surface area (TPSA) is 80.2 Å². The first-order valence-electron chi connectivity index (χ1n) is 9.57. The van der Waals surface area contributed by atoms with Gasteiger partial charge in [0.1, 0.15) is 6.54 Å². The molecular formula is C23H16F3N3O3. The summed E-state index contributed by atoms with van der Waals surface area (Å²) in [5, 5.41) is 5.38. The summed E-state index contributed by atoms with van der Waals surface area (Å²) in [5.74, 6) is -5.98. The lowest BCUT2D eigenvalue weighted by Gasteiger charge is -2.15. The Balaban J connectivity index is 1.52. The standard InChI is InChI=1S/C23H16F3N3O3/c24-15-9-10-16(22(26)21(15)25)28-19(30)11-27-20(31)12-29-17-7-3-1-5-13(17)23(32)14-6-2-4-8-18(14)29/h1-10H,11-12H2,(H,27,31)(H,28,30). The second-order valence-electron chi connectivity index (χ2n) is 7.00. The predicted octanol–water partition coefficient (Wildman–Crippen LogP) is 3.33. The van der Waals surface area contributed by atoms with E-state index in [4.69, 9.17) is 0 Å². The van der Waals surface area contributed by atoms with Crippen LogP contribution >= 0.6 is 0 Å². The summed E-state index contributed by atoms with van der Waals surface area (Å²) in [4.78, 5) is 37.3. The molecule has 1 aromatic heterocycles. The monoisotopic (exact) mass is 439 g/mol. The second-order valence-corrected chi connectivity index (χ2v) is 7.00. The van der Waals surface area contributed by atoms with Crippen molar-refractivity contribution in [1.82, 2.24) is 9.88 Å². The summed E-state index contributed by atoms with van der Waals surface area (Å²) >= 11 is 0. The zero-order valence-electron chi connectivity index (χ0n) is 16.5. The highest BCUT2D eigenvalue weighted by Gasteiger charge is 2.16. The van der Waals surface area contributed by atoms with E-state index in [2.05, 4.69) is 10.6 Å². The van der Waals surface area contributed by atoms with Gasteiger partial charge in [0.05, 0.1) is 23.3 Å². The molecule has 0 aliphatic carbocycles. The lowest BCUT2D eigenvalue weighted by molar-refractivity contribution is -0.124. The number of benzene rings is 3. The van der Waals surface area contributed by atoms with Crippen molar-refractivity contribution in [3.63, 3.8) is 0 Å². The van der Waals surface area contributed by atoms with E-state index in [0.717, 1.165) is 6.07 Å². The second kappa shape index (κ2) is 8.54. The lowest BCUT2D eigenvalue weighted by Crippen LogP contribution is -2.35. The maximum absolute atomic E-state index is 13.7. The number of rotatable bonds is 5. The number of hydrogen-bond acceptors (Lipinski definition) is 3. The van der Waals surface area contributed by atoms with Gasteiger partial charge in [-0.3, -0.25) is 14.4 Å². The molecule has 9 heteroatoms. The summed E-state index contributed by atoms with van der Waals surface area (Å²) in [6.45, 7) is -0.707. The molecular weight excluding hydrogens is 423 g/mol. The molecule has 0 saturated heterocycles. The van der Waals surface area contributed by atoms with Crippen molar-refractivity contribution in [3.8, 4) is 0 Å². The highest BCUT2D eigenvalue weighted by molar-refractivity contribution is 5.96. The normalized spacial score (nSPS) is 11.0. The summed E-state index contributed by atoms with van der Waals surface area (Å²) < 4.78 is 41.6. The molecule has 0 atom stereocenters.